The number of carbonyl (C=O) groups excluding carboxylic acids is 1. The number of anilines is 1. The van der Waals surface area contributed by atoms with Crippen LogP contribution in [-0.4, -0.2) is 23.5 Å². The van der Waals surface area contributed by atoms with Crippen LogP contribution in [0.3, 0.4) is 0 Å². The molecule has 1 aromatic heterocycles. The van der Waals surface area contributed by atoms with Crippen LogP contribution in [0.4, 0.5) is 5.82 Å². The molecule has 1 amide bonds. The summed E-state index contributed by atoms with van der Waals surface area (Å²) in [5, 5.41) is 6.46. The van der Waals surface area contributed by atoms with Crippen molar-refractivity contribution in [3.63, 3.8) is 0 Å². The van der Waals surface area contributed by atoms with Crippen LogP contribution in [0.15, 0.2) is 18.3 Å². The van der Waals surface area contributed by atoms with E-state index in [2.05, 4.69) is 29.5 Å². The minimum atomic E-state index is 0.000420. The lowest BCUT2D eigenvalue weighted by Crippen LogP contribution is -2.39. The second kappa shape index (κ2) is 8.01. The van der Waals surface area contributed by atoms with Crippen LogP contribution in [0.1, 0.15) is 62.7 Å². The highest BCUT2D eigenvalue weighted by Gasteiger charge is 2.23. The van der Waals surface area contributed by atoms with Gasteiger partial charge in [-0.3, -0.25) is 4.79 Å². The van der Waals surface area contributed by atoms with Gasteiger partial charge < -0.3 is 10.6 Å². The van der Waals surface area contributed by atoms with Gasteiger partial charge in [-0.25, -0.2) is 4.98 Å². The normalized spacial score (nSPS) is 22.4. The van der Waals surface area contributed by atoms with Crippen LogP contribution in [-0.2, 0) is 0 Å². The molecule has 0 bridgehead atoms. The average Bonchev–Trinajstić information content (AvgIpc) is 2.70. The lowest BCUT2D eigenvalue weighted by molar-refractivity contribution is 0.0922. The second-order valence-corrected chi connectivity index (χ2v) is 6.02. The number of nitrogens with one attached hydrogen (secondary N) is 2. The number of hydrogen-bond acceptors (Lipinski definition) is 3. The lowest BCUT2D eigenvalue weighted by atomic mass is 9.96. The SMILES string of the molecule is CCCNc1ncccc1C(=O)NC1CCCCCC1C. The van der Waals surface area contributed by atoms with Gasteiger partial charge in [0.15, 0.2) is 0 Å². The Balaban J connectivity index is 2.05. The molecule has 4 nitrogen and oxygen atoms in total. The van der Waals surface area contributed by atoms with Crippen molar-refractivity contribution in [1.82, 2.24) is 10.3 Å². The summed E-state index contributed by atoms with van der Waals surface area (Å²) in [6.07, 6.45) is 8.81. The first-order valence-corrected chi connectivity index (χ1v) is 8.22. The van der Waals surface area contributed by atoms with Crippen LogP contribution in [0.2, 0.25) is 0 Å². The fourth-order valence-corrected chi connectivity index (χ4v) is 2.93. The van der Waals surface area contributed by atoms with Gasteiger partial charge in [0.2, 0.25) is 0 Å². The highest BCUT2D eigenvalue weighted by Crippen LogP contribution is 2.23. The van der Waals surface area contributed by atoms with Crippen LogP contribution in [0.25, 0.3) is 0 Å². The van der Waals surface area contributed by atoms with Crippen LogP contribution < -0.4 is 10.6 Å². The highest BCUT2D eigenvalue weighted by atomic mass is 16.1. The molecule has 21 heavy (non-hydrogen) atoms. The van der Waals surface area contributed by atoms with E-state index in [1.54, 1.807) is 6.20 Å². The molecule has 2 N–H and O–H groups in total. The van der Waals surface area contributed by atoms with Crippen molar-refractivity contribution in [3.05, 3.63) is 23.9 Å². The topological polar surface area (TPSA) is 54.0 Å². The molecule has 1 saturated carbocycles. The summed E-state index contributed by atoms with van der Waals surface area (Å²) < 4.78 is 0. The third-order valence-corrected chi connectivity index (χ3v) is 4.27. The van der Waals surface area contributed by atoms with E-state index in [1.165, 1.54) is 25.7 Å². The van der Waals surface area contributed by atoms with E-state index in [0.29, 0.717) is 23.3 Å². The fourth-order valence-electron chi connectivity index (χ4n) is 2.93. The van der Waals surface area contributed by atoms with Crippen molar-refractivity contribution in [1.29, 1.82) is 0 Å². The van der Waals surface area contributed by atoms with Gasteiger partial charge in [-0.2, -0.15) is 0 Å². The van der Waals surface area contributed by atoms with Crippen molar-refractivity contribution in [3.8, 4) is 0 Å². The summed E-state index contributed by atoms with van der Waals surface area (Å²) >= 11 is 0. The molecule has 2 atom stereocenters. The maximum Gasteiger partial charge on any atom is 0.255 e. The number of rotatable bonds is 5. The molecule has 0 spiro atoms. The van der Waals surface area contributed by atoms with Gasteiger partial charge in [-0.15, -0.1) is 0 Å². The molecule has 1 aliphatic carbocycles. The van der Waals surface area contributed by atoms with Gasteiger partial charge in [-0.1, -0.05) is 33.1 Å². The Kier molecular flexibility index (Phi) is 6.03. The zero-order valence-corrected chi connectivity index (χ0v) is 13.2. The van der Waals surface area contributed by atoms with E-state index in [-0.39, 0.29) is 5.91 Å². The van der Waals surface area contributed by atoms with Gasteiger partial charge in [0, 0.05) is 18.8 Å². The molecule has 116 valence electrons. The molecule has 0 radical (unpaired) electrons. The summed E-state index contributed by atoms with van der Waals surface area (Å²) in [4.78, 5) is 16.9. The number of aromatic nitrogens is 1. The predicted octanol–water partition coefficient (Wildman–Crippen LogP) is 3.60. The van der Waals surface area contributed by atoms with E-state index in [0.717, 1.165) is 19.4 Å². The Hall–Kier alpha value is -1.58. The molecular formula is C17H27N3O. The number of amides is 1. The minimum absolute atomic E-state index is 0.000420. The average molecular weight is 289 g/mol. The Labute approximate surface area is 127 Å². The first-order chi connectivity index (χ1) is 10.2. The molecule has 2 unspecified atom stereocenters. The molecule has 1 aromatic rings. The quantitative estimate of drug-likeness (QED) is 0.814. The maximum atomic E-state index is 12.6. The van der Waals surface area contributed by atoms with E-state index in [4.69, 9.17) is 0 Å². The van der Waals surface area contributed by atoms with Gasteiger partial charge in [0.25, 0.3) is 5.91 Å². The van der Waals surface area contributed by atoms with Gasteiger partial charge in [0.1, 0.15) is 5.82 Å². The molecule has 1 heterocycles. The Morgan fingerprint density at radius 3 is 2.95 bits per heavy atom. The minimum Gasteiger partial charge on any atom is -0.369 e. The zero-order valence-electron chi connectivity index (χ0n) is 13.2. The second-order valence-electron chi connectivity index (χ2n) is 6.02. The number of hydrogen-bond donors (Lipinski definition) is 2. The summed E-state index contributed by atoms with van der Waals surface area (Å²) in [6, 6.07) is 3.96. The molecule has 1 fully saturated rings. The summed E-state index contributed by atoms with van der Waals surface area (Å²) in [5.74, 6) is 1.25. The molecular weight excluding hydrogens is 262 g/mol. The van der Waals surface area contributed by atoms with E-state index < -0.39 is 0 Å². The van der Waals surface area contributed by atoms with Crippen LogP contribution in [0.5, 0.6) is 0 Å². The molecule has 0 saturated heterocycles. The van der Waals surface area contributed by atoms with Crippen molar-refractivity contribution in [2.24, 2.45) is 5.92 Å². The van der Waals surface area contributed by atoms with Crippen molar-refractivity contribution in [2.75, 3.05) is 11.9 Å². The molecule has 0 aliphatic heterocycles. The van der Waals surface area contributed by atoms with Crippen molar-refractivity contribution in [2.45, 2.75) is 58.4 Å². The maximum absolute atomic E-state index is 12.6. The third-order valence-electron chi connectivity index (χ3n) is 4.27. The lowest BCUT2D eigenvalue weighted by Gasteiger charge is -2.23. The van der Waals surface area contributed by atoms with Gasteiger partial charge >= 0.3 is 0 Å². The fraction of sp³-hybridized carbons (Fsp3) is 0.647. The zero-order chi connectivity index (χ0) is 15.1. The Morgan fingerprint density at radius 2 is 2.14 bits per heavy atom. The first kappa shape index (κ1) is 15.8. The number of pyridine rings is 1. The first-order valence-electron chi connectivity index (χ1n) is 8.22. The summed E-state index contributed by atoms with van der Waals surface area (Å²) in [7, 11) is 0. The highest BCUT2D eigenvalue weighted by molar-refractivity contribution is 5.98. The Bertz CT molecular complexity index is 461. The molecule has 2 rings (SSSR count). The third kappa shape index (κ3) is 4.45. The van der Waals surface area contributed by atoms with Crippen molar-refractivity contribution >= 4 is 11.7 Å². The van der Waals surface area contributed by atoms with E-state index >= 15 is 0 Å². The largest absolute Gasteiger partial charge is 0.369 e. The number of nitrogens with zero attached hydrogens (tertiary/aromatic N) is 1. The summed E-state index contributed by atoms with van der Waals surface area (Å²) in [6.45, 7) is 5.18. The van der Waals surface area contributed by atoms with Gasteiger partial charge in [-0.05, 0) is 37.3 Å². The van der Waals surface area contributed by atoms with E-state index in [1.807, 2.05) is 12.1 Å². The Morgan fingerprint density at radius 1 is 1.33 bits per heavy atom. The predicted molar refractivity (Wildman–Crippen MR) is 86.5 cm³/mol. The van der Waals surface area contributed by atoms with Crippen molar-refractivity contribution < 1.29 is 4.79 Å². The molecule has 4 heteroatoms. The van der Waals surface area contributed by atoms with Crippen LogP contribution in [0, 0.1) is 5.92 Å². The number of carbonyl (C=O) groups is 1. The molecule has 0 aromatic carbocycles. The standard InChI is InChI=1S/C17H27N3O/c1-3-11-18-16-14(9-7-12-19-16)17(21)20-15-10-6-4-5-8-13(15)2/h7,9,12-13,15H,3-6,8,10-11H2,1-2H3,(H,18,19)(H,20,21). The van der Waals surface area contributed by atoms with Gasteiger partial charge in [0.05, 0.1) is 5.56 Å². The smallest absolute Gasteiger partial charge is 0.255 e. The summed E-state index contributed by atoms with van der Waals surface area (Å²) in [5.41, 5.74) is 0.655. The molecule has 1 aliphatic rings. The monoisotopic (exact) mass is 289 g/mol. The van der Waals surface area contributed by atoms with Crippen LogP contribution >= 0.6 is 0 Å². The van der Waals surface area contributed by atoms with E-state index in [9.17, 15) is 4.79 Å².